The molecule has 0 amide bonds. The summed E-state index contributed by atoms with van der Waals surface area (Å²) in [5.41, 5.74) is 3.99. The van der Waals surface area contributed by atoms with Crippen LogP contribution in [-0.4, -0.2) is 5.04 Å². The SMILES string of the molecule is CC1SC(=NCc2ccccc2)c2ccccc21. The van der Waals surface area contributed by atoms with Crippen molar-refractivity contribution in [3.05, 3.63) is 71.3 Å². The van der Waals surface area contributed by atoms with E-state index in [0.717, 1.165) is 6.54 Å². The predicted octanol–water partition coefficient (Wildman–Crippen LogP) is 4.44. The van der Waals surface area contributed by atoms with Crippen molar-refractivity contribution in [1.29, 1.82) is 0 Å². The highest BCUT2D eigenvalue weighted by Crippen LogP contribution is 2.41. The second kappa shape index (κ2) is 4.99. The Kier molecular flexibility index (Phi) is 3.20. The molecule has 0 N–H and O–H groups in total. The Hall–Kier alpha value is -1.54. The van der Waals surface area contributed by atoms with E-state index in [4.69, 9.17) is 4.99 Å². The van der Waals surface area contributed by atoms with Crippen molar-refractivity contribution in [1.82, 2.24) is 0 Å². The van der Waals surface area contributed by atoms with Gasteiger partial charge < -0.3 is 0 Å². The van der Waals surface area contributed by atoms with Crippen LogP contribution < -0.4 is 0 Å². The monoisotopic (exact) mass is 253 g/mol. The van der Waals surface area contributed by atoms with E-state index in [9.17, 15) is 0 Å². The van der Waals surface area contributed by atoms with Crippen molar-refractivity contribution in [3.63, 3.8) is 0 Å². The number of aliphatic imine (C=N–C) groups is 1. The van der Waals surface area contributed by atoms with E-state index < -0.39 is 0 Å². The molecule has 3 rings (SSSR count). The summed E-state index contributed by atoms with van der Waals surface area (Å²) in [6.07, 6.45) is 0. The van der Waals surface area contributed by atoms with E-state index in [1.165, 1.54) is 21.7 Å². The van der Waals surface area contributed by atoms with Crippen LogP contribution in [0.1, 0.15) is 28.9 Å². The van der Waals surface area contributed by atoms with E-state index in [-0.39, 0.29) is 0 Å². The summed E-state index contributed by atoms with van der Waals surface area (Å²) in [5, 5.41) is 1.71. The molecule has 1 heterocycles. The molecule has 0 saturated carbocycles. The second-order valence-electron chi connectivity index (χ2n) is 4.45. The maximum Gasteiger partial charge on any atom is 0.0990 e. The average molecular weight is 253 g/mol. The zero-order valence-electron chi connectivity index (χ0n) is 10.3. The molecule has 1 aliphatic rings. The second-order valence-corrected chi connectivity index (χ2v) is 5.78. The minimum atomic E-state index is 0.524. The third-order valence-corrected chi connectivity index (χ3v) is 4.35. The van der Waals surface area contributed by atoms with Crippen LogP contribution in [0.2, 0.25) is 0 Å². The number of fused-ring (bicyclic) bond motifs is 1. The van der Waals surface area contributed by atoms with Crippen molar-refractivity contribution < 1.29 is 0 Å². The number of hydrogen-bond donors (Lipinski definition) is 0. The van der Waals surface area contributed by atoms with Gasteiger partial charge >= 0.3 is 0 Å². The zero-order chi connectivity index (χ0) is 12.4. The normalized spacial score (nSPS) is 20.1. The molecule has 1 atom stereocenters. The standard InChI is InChI=1S/C16H15NS/c1-12-14-9-5-6-10-15(14)16(18-12)17-11-13-7-3-2-4-8-13/h2-10,12H,11H2,1H3. The van der Waals surface area contributed by atoms with E-state index in [1.54, 1.807) is 0 Å². The Bertz CT molecular complexity index is 575. The van der Waals surface area contributed by atoms with Gasteiger partial charge in [0.15, 0.2) is 0 Å². The smallest absolute Gasteiger partial charge is 0.0990 e. The highest BCUT2D eigenvalue weighted by molar-refractivity contribution is 8.15. The van der Waals surface area contributed by atoms with Gasteiger partial charge in [0.25, 0.3) is 0 Å². The Labute approximate surface area is 112 Å². The maximum absolute atomic E-state index is 4.76. The van der Waals surface area contributed by atoms with Gasteiger partial charge in [0.05, 0.1) is 11.6 Å². The van der Waals surface area contributed by atoms with Crippen molar-refractivity contribution in [2.75, 3.05) is 0 Å². The summed E-state index contributed by atoms with van der Waals surface area (Å²) in [7, 11) is 0. The summed E-state index contributed by atoms with van der Waals surface area (Å²) in [6, 6.07) is 19.0. The van der Waals surface area contributed by atoms with Gasteiger partial charge in [-0.1, -0.05) is 66.4 Å². The van der Waals surface area contributed by atoms with E-state index in [2.05, 4.69) is 55.5 Å². The van der Waals surface area contributed by atoms with Crippen LogP contribution in [0.5, 0.6) is 0 Å². The molecule has 1 unspecified atom stereocenters. The van der Waals surface area contributed by atoms with E-state index in [1.807, 2.05) is 17.8 Å². The fraction of sp³-hybridized carbons (Fsp3) is 0.188. The number of thioether (sulfide) groups is 1. The van der Waals surface area contributed by atoms with E-state index in [0.29, 0.717) is 5.25 Å². The lowest BCUT2D eigenvalue weighted by atomic mass is 10.1. The lowest BCUT2D eigenvalue weighted by Gasteiger charge is -1.99. The molecular formula is C16H15NS. The summed E-state index contributed by atoms with van der Waals surface area (Å²) < 4.78 is 0. The zero-order valence-corrected chi connectivity index (χ0v) is 11.2. The lowest BCUT2D eigenvalue weighted by molar-refractivity contribution is 1.07. The van der Waals surface area contributed by atoms with Gasteiger partial charge in [0, 0.05) is 10.8 Å². The fourth-order valence-electron chi connectivity index (χ4n) is 2.21. The first-order chi connectivity index (χ1) is 8.84. The maximum atomic E-state index is 4.76. The molecule has 2 heteroatoms. The molecule has 0 aliphatic carbocycles. The van der Waals surface area contributed by atoms with Gasteiger partial charge in [-0.3, -0.25) is 4.99 Å². The van der Waals surface area contributed by atoms with Gasteiger partial charge in [0.1, 0.15) is 0 Å². The summed E-state index contributed by atoms with van der Waals surface area (Å²) >= 11 is 1.86. The van der Waals surface area contributed by atoms with Crippen LogP contribution in [0.3, 0.4) is 0 Å². The van der Waals surface area contributed by atoms with Crippen molar-refractivity contribution in [2.24, 2.45) is 4.99 Å². The minimum absolute atomic E-state index is 0.524. The molecule has 0 spiro atoms. The first-order valence-electron chi connectivity index (χ1n) is 6.19. The number of nitrogens with zero attached hydrogens (tertiary/aromatic N) is 1. The van der Waals surface area contributed by atoms with Crippen LogP contribution in [0.4, 0.5) is 0 Å². The van der Waals surface area contributed by atoms with Gasteiger partial charge in [-0.05, 0) is 18.1 Å². The molecule has 0 fully saturated rings. The predicted molar refractivity (Wildman–Crippen MR) is 79.1 cm³/mol. The highest BCUT2D eigenvalue weighted by atomic mass is 32.2. The minimum Gasteiger partial charge on any atom is -0.273 e. The van der Waals surface area contributed by atoms with Gasteiger partial charge in [-0.2, -0.15) is 0 Å². The largest absolute Gasteiger partial charge is 0.273 e. The van der Waals surface area contributed by atoms with Crippen molar-refractivity contribution >= 4 is 16.8 Å². The molecule has 0 radical (unpaired) electrons. The summed E-state index contributed by atoms with van der Waals surface area (Å²) in [6.45, 7) is 3.01. The number of hydrogen-bond acceptors (Lipinski definition) is 2. The van der Waals surface area contributed by atoms with Crippen LogP contribution >= 0.6 is 11.8 Å². The third-order valence-electron chi connectivity index (χ3n) is 3.17. The van der Waals surface area contributed by atoms with Crippen LogP contribution in [0, 0.1) is 0 Å². The van der Waals surface area contributed by atoms with Gasteiger partial charge in [-0.25, -0.2) is 0 Å². The molecule has 1 nitrogen and oxygen atoms in total. The van der Waals surface area contributed by atoms with Crippen molar-refractivity contribution in [2.45, 2.75) is 18.7 Å². The average Bonchev–Trinajstić information content (AvgIpc) is 2.75. The molecule has 90 valence electrons. The highest BCUT2D eigenvalue weighted by Gasteiger charge is 2.24. The first kappa shape index (κ1) is 11.5. The topological polar surface area (TPSA) is 12.4 Å². The summed E-state index contributed by atoms with van der Waals surface area (Å²) in [4.78, 5) is 4.76. The van der Waals surface area contributed by atoms with Crippen LogP contribution in [-0.2, 0) is 6.54 Å². The molecule has 0 bridgehead atoms. The van der Waals surface area contributed by atoms with Gasteiger partial charge in [-0.15, -0.1) is 0 Å². The quantitative estimate of drug-likeness (QED) is 0.770. The Balaban J connectivity index is 1.87. The molecular weight excluding hydrogens is 238 g/mol. The van der Waals surface area contributed by atoms with Crippen LogP contribution in [0.25, 0.3) is 0 Å². The molecule has 2 aromatic carbocycles. The summed E-state index contributed by atoms with van der Waals surface area (Å²) in [5.74, 6) is 0. The number of rotatable bonds is 2. The Morgan fingerprint density at radius 2 is 1.72 bits per heavy atom. The fourth-order valence-corrected chi connectivity index (χ4v) is 3.33. The number of benzene rings is 2. The third kappa shape index (κ3) is 2.21. The lowest BCUT2D eigenvalue weighted by Crippen LogP contribution is -1.92. The van der Waals surface area contributed by atoms with E-state index >= 15 is 0 Å². The van der Waals surface area contributed by atoms with Crippen molar-refractivity contribution in [3.8, 4) is 0 Å². The molecule has 0 aromatic heterocycles. The Morgan fingerprint density at radius 3 is 2.56 bits per heavy atom. The first-order valence-corrected chi connectivity index (χ1v) is 7.07. The molecule has 18 heavy (non-hydrogen) atoms. The Morgan fingerprint density at radius 1 is 1.00 bits per heavy atom. The molecule has 1 aliphatic heterocycles. The molecule has 0 saturated heterocycles. The van der Waals surface area contributed by atoms with Gasteiger partial charge in [0.2, 0.25) is 0 Å². The van der Waals surface area contributed by atoms with Crippen LogP contribution in [0.15, 0.2) is 59.6 Å². The molecule has 2 aromatic rings.